The fourth-order valence-electron chi connectivity index (χ4n) is 5.20. The molecule has 0 saturated carbocycles. The molecule has 0 bridgehead atoms. The normalized spacial score (nSPS) is 11.6. The van der Waals surface area contributed by atoms with Crippen molar-refractivity contribution in [3.63, 3.8) is 0 Å². The number of rotatable bonds is 11. The summed E-state index contributed by atoms with van der Waals surface area (Å²) in [4.78, 5) is 0. The van der Waals surface area contributed by atoms with Crippen molar-refractivity contribution in [1.29, 1.82) is 0 Å². The Hall–Kier alpha value is -4.29. The number of hydrogen-bond acceptors (Lipinski definition) is 4. The molecular weight excluding hydrogens is 602 g/mol. The molecule has 0 amide bonds. The van der Waals surface area contributed by atoms with Crippen LogP contribution < -0.4 is 10.1 Å². The first-order chi connectivity index (χ1) is 22.2. The molecule has 47 heavy (non-hydrogen) atoms. The molecule has 5 aromatic rings. The third-order valence-electron chi connectivity index (χ3n) is 7.97. The van der Waals surface area contributed by atoms with Crippen LogP contribution in [-0.2, 0) is 13.5 Å². The molecule has 3 aromatic carbocycles. The molecule has 7 heteroatoms. The number of nitrogens with one attached hydrogen (secondary N) is 1. The van der Waals surface area contributed by atoms with Gasteiger partial charge in [-0.25, -0.2) is 4.68 Å². The van der Waals surface area contributed by atoms with E-state index in [2.05, 4.69) is 99.7 Å². The number of aryl methyl sites for hydroxylation is 4. The maximum Gasteiger partial charge on any atom is 0.133 e. The van der Waals surface area contributed by atoms with Gasteiger partial charge in [0.15, 0.2) is 0 Å². The van der Waals surface area contributed by atoms with E-state index in [1.807, 2.05) is 50.2 Å². The predicted octanol–water partition coefficient (Wildman–Crippen LogP) is 11.4. The van der Waals surface area contributed by atoms with Crippen LogP contribution in [0.4, 0.5) is 5.69 Å². The predicted molar refractivity (Wildman–Crippen MR) is 203 cm³/mol. The van der Waals surface area contributed by atoms with E-state index in [1.54, 1.807) is 4.68 Å². The maximum absolute atomic E-state index is 6.35. The number of anilines is 1. The number of halogens is 1. The number of aromatic nitrogens is 4. The van der Waals surface area contributed by atoms with Gasteiger partial charge in [0, 0.05) is 36.9 Å². The number of unbranched alkanes of at least 4 members (excludes halogenated alkanes) is 1. The smallest absolute Gasteiger partial charge is 0.133 e. The van der Waals surface area contributed by atoms with Gasteiger partial charge in [0.25, 0.3) is 0 Å². The first kappa shape index (κ1) is 37.2. The van der Waals surface area contributed by atoms with E-state index < -0.39 is 0 Å². The van der Waals surface area contributed by atoms with E-state index in [9.17, 15) is 0 Å². The van der Waals surface area contributed by atoms with Crippen molar-refractivity contribution in [1.82, 2.24) is 19.6 Å². The minimum Gasteiger partial charge on any atom is -0.457 e. The van der Waals surface area contributed by atoms with Crippen molar-refractivity contribution in [2.45, 2.75) is 81.1 Å². The van der Waals surface area contributed by atoms with Crippen LogP contribution in [0.3, 0.4) is 0 Å². The number of para-hydroxylation sites is 1. The van der Waals surface area contributed by atoms with E-state index in [0.29, 0.717) is 0 Å². The van der Waals surface area contributed by atoms with Gasteiger partial charge >= 0.3 is 0 Å². The summed E-state index contributed by atoms with van der Waals surface area (Å²) in [5.41, 5.74) is 10.0. The lowest BCUT2D eigenvalue weighted by Crippen LogP contribution is -2.00. The number of benzene rings is 3. The van der Waals surface area contributed by atoms with Crippen LogP contribution in [-0.4, -0.2) is 26.6 Å². The van der Waals surface area contributed by atoms with Gasteiger partial charge in [-0.2, -0.15) is 10.2 Å². The molecule has 0 radical (unpaired) electrons. The van der Waals surface area contributed by atoms with E-state index in [-0.39, 0.29) is 7.43 Å². The summed E-state index contributed by atoms with van der Waals surface area (Å²) in [5, 5.41) is 14.5. The molecule has 1 N–H and O–H groups in total. The molecule has 2 aromatic heterocycles. The van der Waals surface area contributed by atoms with Crippen molar-refractivity contribution in [3.05, 3.63) is 112 Å². The zero-order valence-corrected chi connectivity index (χ0v) is 29.4. The molecular formula is C40H52ClN5O. The molecule has 5 rings (SSSR count). The van der Waals surface area contributed by atoms with Crippen molar-refractivity contribution in [2.24, 2.45) is 7.05 Å². The Balaban J connectivity index is 0.000000318. The molecule has 0 aliphatic carbocycles. The van der Waals surface area contributed by atoms with Crippen LogP contribution in [0.15, 0.2) is 78.6 Å². The molecule has 0 saturated heterocycles. The Bertz CT molecular complexity index is 1830. The van der Waals surface area contributed by atoms with Crippen LogP contribution in [0, 0.1) is 13.8 Å². The van der Waals surface area contributed by atoms with Gasteiger partial charge in [0.05, 0.1) is 33.7 Å². The van der Waals surface area contributed by atoms with Crippen LogP contribution in [0.5, 0.6) is 5.75 Å². The second-order valence-electron chi connectivity index (χ2n) is 11.7. The molecule has 250 valence electrons. The lowest BCUT2D eigenvalue weighted by Gasteiger charge is -2.13. The Morgan fingerprint density at radius 3 is 2.40 bits per heavy atom. The Kier molecular flexibility index (Phi) is 13.9. The van der Waals surface area contributed by atoms with Crippen molar-refractivity contribution < 1.29 is 4.74 Å². The average Bonchev–Trinajstić information content (AvgIpc) is 3.66. The summed E-state index contributed by atoms with van der Waals surface area (Å²) < 4.78 is 10.2. The summed E-state index contributed by atoms with van der Waals surface area (Å²) >= 11 is 6.29. The van der Waals surface area contributed by atoms with E-state index in [1.165, 1.54) is 11.0 Å². The van der Waals surface area contributed by atoms with E-state index >= 15 is 0 Å². The highest BCUT2D eigenvalue weighted by Gasteiger charge is 2.14. The second-order valence-corrected chi connectivity index (χ2v) is 12.1. The highest BCUT2D eigenvalue weighted by Crippen LogP contribution is 2.31. The Morgan fingerprint density at radius 2 is 1.77 bits per heavy atom. The van der Waals surface area contributed by atoms with Gasteiger partial charge < -0.3 is 10.1 Å². The SMILES string of the molecule is C.CC/C(C)=C/c1c(NC)ccc(C)c1Cl.CCC/C=C(/Oc1ccc(-n2nc(CCC)c3ccccc32)cc1C)c1cnn(C)c1. The van der Waals surface area contributed by atoms with Gasteiger partial charge in [-0.05, 0) is 87.6 Å². The molecule has 6 nitrogen and oxygen atoms in total. The second kappa shape index (κ2) is 17.6. The van der Waals surface area contributed by atoms with E-state index in [4.69, 9.17) is 21.4 Å². The monoisotopic (exact) mass is 653 g/mol. The van der Waals surface area contributed by atoms with Crippen LogP contribution in [0.1, 0.15) is 88.8 Å². The first-order valence-electron chi connectivity index (χ1n) is 16.3. The number of ether oxygens (including phenoxy) is 1. The standard InChI is InChI=1S/C26H30N4O.C13H18ClN.CH4/c1-5-7-13-26(20-17-27-29(4)18-20)31-25-15-14-21(16-19(25)3)30-24-12-9-8-11-22(24)23(28-30)10-6-2;1-5-9(2)8-11-12(15-4)7-6-10(3)13(11)14;/h8-9,11-18H,5-7,10H2,1-4H3;6-8,15H,5H2,1-4H3;1H4/b26-13+;9-8+;. The van der Waals surface area contributed by atoms with Crippen LogP contribution in [0.2, 0.25) is 5.02 Å². The quantitative estimate of drug-likeness (QED) is 0.144. The molecule has 0 aliphatic heterocycles. The van der Waals surface area contributed by atoms with Crippen LogP contribution in [0.25, 0.3) is 28.4 Å². The zero-order valence-electron chi connectivity index (χ0n) is 28.6. The lowest BCUT2D eigenvalue weighted by molar-refractivity contribution is 0.508. The highest BCUT2D eigenvalue weighted by atomic mass is 35.5. The largest absolute Gasteiger partial charge is 0.457 e. The Labute approximate surface area is 287 Å². The minimum atomic E-state index is 0. The molecule has 0 aliphatic rings. The molecule has 0 unspecified atom stereocenters. The van der Waals surface area contributed by atoms with Gasteiger partial charge in [-0.1, -0.05) is 88.6 Å². The fraction of sp³-hybridized carbons (Fsp3) is 0.350. The number of fused-ring (bicyclic) bond motifs is 1. The summed E-state index contributed by atoms with van der Waals surface area (Å²) in [6.45, 7) is 12.7. The van der Waals surface area contributed by atoms with E-state index in [0.717, 1.165) is 93.5 Å². The highest BCUT2D eigenvalue weighted by molar-refractivity contribution is 6.33. The van der Waals surface area contributed by atoms with Crippen LogP contribution >= 0.6 is 11.6 Å². The molecule has 0 fully saturated rings. The van der Waals surface area contributed by atoms with Crippen molar-refractivity contribution in [2.75, 3.05) is 12.4 Å². The number of allylic oxidation sites excluding steroid dienone is 2. The lowest BCUT2D eigenvalue weighted by atomic mass is 10.1. The van der Waals surface area contributed by atoms with Gasteiger partial charge in [0.1, 0.15) is 11.5 Å². The molecule has 2 heterocycles. The summed E-state index contributed by atoms with van der Waals surface area (Å²) in [5.74, 6) is 1.70. The van der Waals surface area contributed by atoms with Gasteiger partial charge in [-0.3, -0.25) is 4.68 Å². The fourth-order valence-corrected chi connectivity index (χ4v) is 5.42. The van der Waals surface area contributed by atoms with Crippen molar-refractivity contribution >= 4 is 40.0 Å². The topological polar surface area (TPSA) is 56.9 Å². The third-order valence-corrected chi connectivity index (χ3v) is 8.47. The minimum absolute atomic E-state index is 0. The van der Waals surface area contributed by atoms with Crippen molar-refractivity contribution in [3.8, 4) is 11.4 Å². The number of nitrogens with zero attached hydrogens (tertiary/aromatic N) is 4. The van der Waals surface area contributed by atoms with Gasteiger partial charge in [0.2, 0.25) is 0 Å². The summed E-state index contributed by atoms with van der Waals surface area (Å²) in [7, 11) is 3.84. The first-order valence-corrected chi connectivity index (χ1v) is 16.7. The summed E-state index contributed by atoms with van der Waals surface area (Å²) in [6, 6.07) is 18.8. The molecule has 0 atom stereocenters. The number of hydrogen-bond donors (Lipinski definition) is 1. The maximum atomic E-state index is 6.35. The average molecular weight is 654 g/mol. The third kappa shape index (κ3) is 9.17. The summed E-state index contributed by atoms with van der Waals surface area (Å²) in [6.07, 6.45) is 13.3. The molecule has 0 spiro atoms. The Morgan fingerprint density at radius 1 is 1.00 bits per heavy atom. The zero-order chi connectivity index (χ0) is 33.2. The van der Waals surface area contributed by atoms with Gasteiger partial charge in [-0.15, -0.1) is 0 Å².